The molecule has 7 heteroatoms. The SMILES string of the molecule is CCOC(=O)COc1ccc2ccccc2c1/C=C1/SC(=S)N(C)C1=O. The van der Waals surface area contributed by atoms with Crippen molar-refractivity contribution in [1.29, 1.82) is 0 Å². The van der Waals surface area contributed by atoms with Crippen LogP contribution in [0.5, 0.6) is 5.75 Å². The number of benzene rings is 2. The Labute approximate surface area is 160 Å². The molecule has 0 N–H and O–H groups in total. The Kier molecular flexibility index (Phi) is 5.58. The predicted octanol–water partition coefficient (Wildman–Crippen LogP) is 3.61. The van der Waals surface area contributed by atoms with Gasteiger partial charge in [0, 0.05) is 12.6 Å². The molecule has 1 amide bonds. The van der Waals surface area contributed by atoms with Gasteiger partial charge in [0.25, 0.3) is 5.91 Å². The quantitative estimate of drug-likeness (QED) is 0.444. The van der Waals surface area contributed by atoms with Gasteiger partial charge in [0.1, 0.15) is 10.1 Å². The highest BCUT2D eigenvalue weighted by Crippen LogP contribution is 2.36. The molecule has 3 rings (SSSR count). The number of thiocarbonyl (C=S) groups is 1. The molecule has 1 fully saturated rings. The number of hydrogen-bond acceptors (Lipinski definition) is 6. The lowest BCUT2D eigenvalue weighted by Gasteiger charge is -2.12. The zero-order chi connectivity index (χ0) is 18.7. The highest BCUT2D eigenvalue weighted by Gasteiger charge is 2.29. The first-order valence-corrected chi connectivity index (χ1v) is 9.25. The first kappa shape index (κ1) is 18.4. The molecular weight excluding hydrogens is 370 g/mol. The average molecular weight is 387 g/mol. The number of rotatable bonds is 5. The molecule has 1 aliphatic heterocycles. The lowest BCUT2D eigenvalue weighted by molar-refractivity contribution is -0.145. The van der Waals surface area contributed by atoms with Crippen LogP contribution >= 0.6 is 24.0 Å². The van der Waals surface area contributed by atoms with E-state index in [1.54, 1.807) is 26.1 Å². The standard InChI is InChI=1S/C19H17NO4S2/c1-3-23-17(21)11-24-15-9-8-12-6-4-5-7-13(12)14(15)10-16-18(22)20(2)19(25)26-16/h4-10H,3,11H2,1-2H3/b16-10+. The fourth-order valence-electron chi connectivity index (χ4n) is 2.57. The molecule has 134 valence electrons. The van der Waals surface area contributed by atoms with Gasteiger partial charge in [-0.15, -0.1) is 0 Å². The Morgan fingerprint density at radius 1 is 1.27 bits per heavy atom. The molecule has 2 aromatic carbocycles. The monoisotopic (exact) mass is 387 g/mol. The third-order valence-electron chi connectivity index (χ3n) is 3.84. The maximum atomic E-state index is 12.4. The minimum atomic E-state index is -0.438. The Morgan fingerprint density at radius 3 is 2.73 bits per heavy atom. The summed E-state index contributed by atoms with van der Waals surface area (Å²) in [4.78, 5) is 25.9. The number of ether oxygens (including phenoxy) is 2. The molecule has 0 saturated carbocycles. The molecule has 0 spiro atoms. The number of nitrogens with zero attached hydrogens (tertiary/aromatic N) is 1. The fraction of sp³-hybridized carbons (Fsp3) is 0.211. The molecule has 1 saturated heterocycles. The fourth-order valence-corrected chi connectivity index (χ4v) is 3.73. The Morgan fingerprint density at radius 2 is 2.04 bits per heavy atom. The average Bonchev–Trinajstić information content (AvgIpc) is 2.88. The third kappa shape index (κ3) is 3.73. The van der Waals surface area contributed by atoms with Crippen LogP contribution in [0, 0.1) is 0 Å². The maximum Gasteiger partial charge on any atom is 0.344 e. The molecule has 0 aromatic heterocycles. The van der Waals surface area contributed by atoms with E-state index in [0.717, 1.165) is 16.3 Å². The summed E-state index contributed by atoms with van der Waals surface area (Å²) in [6, 6.07) is 11.5. The molecule has 1 heterocycles. The Bertz CT molecular complexity index is 923. The number of thioether (sulfide) groups is 1. The van der Waals surface area contributed by atoms with Crippen molar-refractivity contribution in [3.63, 3.8) is 0 Å². The van der Waals surface area contributed by atoms with Crippen LogP contribution < -0.4 is 4.74 Å². The third-order valence-corrected chi connectivity index (χ3v) is 5.33. The maximum absolute atomic E-state index is 12.4. The highest BCUT2D eigenvalue weighted by atomic mass is 32.2. The molecule has 0 unspecified atom stereocenters. The first-order chi connectivity index (χ1) is 12.5. The van der Waals surface area contributed by atoms with E-state index in [2.05, 4.69) is 0 Å². The number of carbonyl (C=O) groups is 2. The molecular formula is C19H17NO4S2. The van der Waals surface area contributed by atoms with Gasteiger partial charge in [0.2, 0.25) is 0 Å². The summed E-state index contributed by atoms with van der Waals surface area (Å²) in [5.74, 6) is -0.0751. The second kappa shape index (κ2) is 7.88. The van der Waals surface area contributed by atoms with E-state index in [1.807, 2.05) is 30.3 Å². The molecule has 2 aromatic rings. The van der Waals surface area contributed by atoms with Crippen molar-refractivity contribution in [3.8, 4) is 5.75 Å². The summed E-state index contributed by atoms with van der Waals surface area (Å²) in [6.07, 6.45) is 1.77. The van der Waals surface area contributed by atoms with Gasteiger partial charge in [0.05, 0.1) is 11.5 Å². The number of likely N-dealkylation sites (N-methyl/N-ethyl adjacent to an activating group) is 1. The van der Waals surface area contributed by atoms with Crippen LogP contribution in [-0.2, 0) is 14.3 Å². The van der Waals surface area contributed by atoms with Crippen molar-refractivity contribution in [1.82, 2.24) is 4.90 Å². The minimum absolute atomic E-state index is 0.149. The van der Waals surface area contributed by atoms with Gasteiger partial charge in [0.15, 0.2) is 6.61 Å². The predicted molar refractivity (Wildman–Crippen MR) is 107 cm³/mol. The number of fused-ring (bicyclic) bond motifs is 1. The number of amides is 1. The lowest BCUT2D eigenvalue weighted by Crippen LogP contribution is -2.22. The van der Waals surface area contributed by atoms with Crippen LogP contribution in [0.1, 0.15) is 12.5 Å². The van der Waals surface area contributed by atoms with E-state index < -0.39 is 5.97 Å². The van der Waals surface area contributed by atoms with E-state index in [-0.39, 0.29) is 12.5 Å². The van der Waals surface area contributed by atoms with Crippen molar-refractivity contribution in [3.05, 3.63) is 46.9 Å². The second-order valence-electron chi connectivity index (χ2n) is 5.53. The van der Waals surface area contributed by atoms with E-state index >= 15 is 0 Å². The topological polar surface area (TPSA) is 55.8 Å². The summed E-state index contributed by atoms with van der Waals surface area (Å²) < 4.78 is 11.1. The Balaban J connectivity index is 2.03. The molecule has 0 atom stereocenters. The molecule has 26 heavy (non-hydrogen) atoms. The van der Waals surface area contributed by atoms with Gasteiger partial charge in [-0.05, 0) is 29.8 Å². The van der Waals surface area contributed by atoms with Crippen LogP contribution in [0.3, 0.4) is 0 Å². The molecule has 1 aliphatic rings. The molecule has 0 bridgehead atoms. The largest absolute Gasteiger partial charge is 0.481 e. The normalized spacial score (nSPS) is 15.8. The summed E-state index contributed by atoms with van der Waals surface area (Å²) in [5, 5.41) is 1.93. The van der Waals surface area contributed by atoms with Crippen LogP contribution in [0.4, 0.5) is 0 Å². The second-order valence-corrected chi connectivity index (χ2v) is 7.21. The molecule has 0 aliphatic carbocycles. The summed E-state index contributed by atoms with van der Waals surface area (Å²) in [5.41, 5.74) is 0.737. The van der Waals surface area contributed by atoms with Gasteiger partial charge < -0.3 is 9.47 Å². The molecule has 5 nitrogen and oxygen atoms in total. The van der Waals surface area contributed by atoms with Crippen LogP contribution in [0.15, 0.2) is 41.3 Å². The number of esters is 1. The summed E-state index contributed by atoms with van der Waals surface area (Å²) in [7, 11) is 1.65. The van der Waals surface area contributed by atoms with E-state index in [9.17, 15) is 9.59 Å². The zero-order valence-corrected chi connectivity index (χ0v) is 16.0. The smallest absolute Gasteiger partial charge is 0.344 e. The summed E-state index contributed by atoms with van der Waals surface area (Å²) in [6.45, 7) is 1.85. The zero-order valence-electron chi connectivity index (χ0n) is 14.4. The van der Waals surface area contributed by atoms with Crippen LogP contribution in [-0.4, -0.2) is 41.4 Å². The van der Waals surface area contributed by atoms with Crippen molar-refractivity contribution in [2.45, 2.75) is 6.92 Å². The van der Waals surface area contributed by atoms with Gasteiger partial charge in [-0.1, -0.05) is 54.3 Å². The van der Waals surface area contributed by atoms with E-state index in [4.69, 9.17) is 21.7 Å². The van der Waals surface area contributed by atoms with E-state index in [1.165, 1.54) is 16.7 Å². The number of carbonyl (C=O) groups excluding carboxylic acids is 2. The van der Waals surface area contributed by atoms with Crippen LogP contribution in [0.2, 0.25) is 0 Å². The number of hydrogen-bond donors (Lipinski definition) is 0. The summed E-state index contributed by atoms with van der Waals surface area (Å²) >= 11 is 6.44. The van der Waals surface area contributed by atoms with Gasteiger partial charge in [-0.2, -0.15) is 0 Å². The first-order valence-electron chi connectivity index (χ1n) is 8.03. The Hall–Kier alpha value is -2.38. The minimum Gasteiger partial charge on any atom is -0.481 e. The van der Waals surface area contributed by atoms with Crippen molar-refractivity contribution in [2.24, 2.45) is 0 Å². The van der Waals surface area contributed by atoms with Gasteiger partial charge in [-0.25, -0.2) is 4.79 Å². The van der Waals surface area contributed by atoms with Crippen molar-refractivity contribution >= 4 is 57.0 Å². The van der Waals surface area contributed by atoms with Crippen molar-refractivity contribution in [2.75, 3.05) is 20.3 Å². The van der Waals surface area contributed by atoms with Crippen molar-refractivity contribution < 1.29 is 19.1 Å². The van der Waals surface area contributed by atoms with Gasteiger partial charge >= 0.3 is 5.97 Å². The highest BCUT2D eigenvalue weighted by molar-refractivity contribution is 8.26. The molecule has 0 radical (unpaired) electrons. The van der Waals surface area contributed by atoms with Gasteiger partial charge in [-0.3, -0.25) is 9.69 Å². The lowest BCUT2D eigenvalue weighted by atomic mass is 10.0. The van der Waals surface area contributed by atoms with E-state index in [0.29, 0.717) is 21.6 Å². The van der Waals surface area contributed by atoms with Crippen LogP contribution in [0.25, 0.3) is 16.8 Å².